The van der Waals surface area contributed by atoms with E-state index in [0.29, 0.717) is 0 Å². The standard InChI is InChI=1S/C10H19N3S.C2H6/c1-2-8-7-14-10(13-8)9(12)5-3-4-6-11;1-2/h7,9H,2-6,11-12H2,1H3;1-2H3. The van der Waals surface area contributed by atoms with Crippen LogP contribution in [0.1, 0.15) is 56.8 Å². The Balaban J connectivity index is 0.00000106. The number of aromatic nitrogens is 1. The number of nitrogens with two attached hydrogens (primary N) is 2. The molecule has 0 saturated carbocycles. The summed E-state index contributed by atoms with van der Waals surface area (Å²) in [5.74, 6) is 0. The lowest BCUT2D eigenvalue weighted by atomic mass is 10.1. The van der Waals surface area contributed by atoms with Gasteiger partial charge in [-0.3, -0.25) is 0 Å². The van der Waals surface area contributed by atoms with Crippen LogP contribution < -0.4 is 11.5 Å². The second kappa shape index (κ2) is 9.75. The van der Waals surface area contributed by atoms with Crippen molar-refractivity contribution in [2.24, 2.45) is 11.5 Å². The molecule has 0 aliphatic rings. The third-order valence-electron chi connectivity index (χ3n) is 2.22. The van der Waals surface area contributed by atoms with Gasteiger partial charge in [-0.2, -0.15) is 0 Å². The number of aryl methyl sites for hydroxylation is 1. The molecule has 0 radical (unpaired) electrons. The van der Waals surface area contributed by atoms with Gasteiger partial charge in [0.1, 0.15) is 5.01 Å². The maximum atomic E-state index is 6.01. The fourth-order valence-corrected chi connectivity index (χ4v) is 2.23. The van der Waals surface area contributed by atoms with Crippen molar-refractivity contribution < 1.29 is 0 Å². The smallest absolute Gasteiger partial charge is 0.110 e. The van der Waals surface area contributed by atoms with Gasteiger partial charge >= 0.3 is 0 Å². The zero-order valence-electron chi connectivity index (χ0n) is 10.7. The van der Waals surface area contributed by atoms with Gasteiger partial charge in [-0.1, -0.05) is 27.2 Å². The van der Waals surface area contributed by atoms with Gasteiger partial charge in [0.25, 0.3) is 0 Å². The van der Waals surface area contributed by atoms with Gasteiger partial charge in [0.2, 0.25) is 0 Å². The maximum absolute atomic E-state index is 6.01. The van der Waals surface area contributed by atoms with Crippen LogP contribution in [-0.4, -0.2) is 11.5 Å². The third kappa shape index (κ3) is 5.58. The zero-order valence-corrected chi connectivity index (χ0v) is 11.5. The van der Waals surface area contributed by atoms with Crippen LogP contribution in [0.3, 0.4) is 0 Å². The molecule has 0 fully saturated rings. The molecule has 16 heavy (non-hydrogen) atoms. The summed E-state index contributed by atoms with van der Waals surface area (Å²) in [6, 6.07) is 0.104. The lowest BCUT2D eigenvalue weighted by Gasteiger charge is -2.06. The van der Waals surface area contributed by atoms with Gasteiger partial charge < -0.3 is 11.5 Å². The molecule has 3 nitrogen and oxygen atoms in total. The van der Waals surface area contributed by atoms with E-state index in [9.17, 15) is 0 Å². The predicted octanol–water partition coefficient (Wildman–Crippen LogP) is 2.86. The van der Waals surface area contributed by atoms with Crippen LogP contribution in [0.25, 0.3) is 0 Å². The van der Waals surface area contributed by atoms with Crippen molar-refractivity contribution >= 4 is 11.3 Å². The molecule has 0 amide bonds. The van der Waals surface area contributed by atoms with Crippen molar-refractivity contribution in [3.8, 4) is 0 Å². The summed E-state index contributed by atoms with van der Waals surface area (Å²) in [4.78, 5) is 4.47. The highest BCUT2D eigenvalue weighted by Crippen LogP contribution is 2.20. The van der Waals surface area contributed by atoms with Crippen molar-refractivity contribution in [2.45, 2.75) is 52.5 Å². The Morgan fingerprint density at radius 1 is 1.38 bits per heavy atom. The second-order valence-corrected chi connectivity index (χ2v) is 4.31. The van der Waals surface area contributed by atoms with E-state index in [1.807, 2.05) is 13.8 Å². The Labute approximate surface area is 103 Å². The summed E-state index contributed by atoms with van der Waals surface area (Å²) >= 11 is 1.67. The first-order valence-electron chi connectivity index (χ1n) is 6.17. The summed E-state index contributed by atoms with van der Waals surface area (Å²) in [5, 5.41) is 3.16. The minimum absolute atomic E-state index is 0.104. The quantitative estimate of drug-likeness (QED) is 0.755. The SMILES string of the molecule is CC.CCc1csc(C(N)CCCCN)n1. The molecule has 0 saturated heterocycles. The molecule has 1 rings (SSSR count). The van der Waals surface area contributed by atoms with E-state index in [2.05, 4.69) is 17.3 Å². The third-order valence-corrected chi connectivity index (χ3v) is 3.24. The highest BCUT2D eigenvalue weighted by atomic mass is 32.1. The molecular weight excluding hydrogens is 218 g/mol. The highest BCUT2D eigenvalue weighted by Gasteiger charge is 2.09. The molecule has 0 aliphatic heterocycles. The summed E-state index contributed by atoms with van der Waals surface area (Å²) in [6.45, 7) is 6.86. The van der Waals surface area contributed by atoms with Crippen LogP contribution in [0.4, 0.5) is 0 Å². The van der Waals surface area contributed by atoms with Crippen LogP contribution in [-0.2, 0) is 6.42 Å². The molecule has 0 spiro atoms. The van der Waals surface area contributed by atoms with Crippen LogP contribution in [0.15, 0.2) is 5.38 Å². The fourth-order valence-electron chi connectivity index (χ4n) is 1.29. The molecule has 1 atom stereocenters. The Bertz CT molecular complexity index is 261. The average Bonchev–Trinajstić information content (AvgIpc) is 2.80. The van der Waals surface area contributed by atoms with Crippen molar-refractivity contribution in [1.82, 2.24) is 4.98 Å². The second-order valence-electron chi connectivity index (χ2n) is 3.42. The lowest BCUT2D eigenvalue weighted by molar-refractivity contribution is 0.587. The number of hydrogen-bond acceptors (Lipinski definition) is 4. The van der Waals surface area contributed by atoms with Gasteiger partial charge in [0.15, 0.2) is 0 Å². The maximum Gasteiger partial charge on any atom is 0.110 e. The lowest BCUT2D eigenvalue weighted by Crippen LogP contribution is -2.10. The van der Waals surface area contributed by atoms with Crippen LogP contribution in [0, 0.1) is 0 Å². The van der Waals surface area contributed by atoms with E-state index < -0.39 is 0 Å². The molecule has 0 aromatic carbocycles. The van der Waals surface area contributed by atoms with Gasteiger partial charge in [-0.15, -0.1) is 11.3 Å². The molecule has 94 valence electrons. The van der Waals surface area contributed by atoms with Gasteiger partial charge in [0.05, 0.1) is 11.7 Å². The molecule has 4 heteroatoms. The van der Waals surface area contributed by atoms with E-state index in [1.54, 1.807) is 11.3 Å². The normalized spacial score (nSPS) is 11.8. The molecule has 1 aromatic rings. The van der Waals surface area contributed by atoms with Crippen molar-refractivity contribution in [3.63, 3.8) is 0 Å². The van der Waals surface area contributed by atoms with Crippen LogP contribution in [0.5, 0.6) is 0 Å². The Morgan fingerprint density at radius 2 is 2.06 bits per heavy atom. The van der Waals surface area contributed by atoms with Crippen molar-refractivity contribution in [2.75, 3.05) is 6.54 Å². The zero-order chi connectivity index (χ0) is 12.4. The number of nitrogens with zero attached hydrogens (tertiary/aromatic N) is 1. The molecular formula is C12H25N3S. The molecule has 4 N–H and O–H groups in total. The average molecular weight is 243 g/mol. The van der Waals surface area contributed by atoms with E-state index in [4.69, 9.17) is 11.5 Å². The number of rotatable bonds is 6. The minimum Gasteiger partial charge on any atom is -0.330 e. The number of hydrogen-bond donors (Lipinski definition) is 2. The predicted molar refractivity (Wildman–Crippen MR) is 72.7 cm³/mol. The molecule has 1 unspecified atom stereocenters. The molecule has 0 aliphatic carbocycles. The monoisotopic (exact) mass is 243 g/mol. The topological polar surface area (TPSA) is 64.9 Å². The minimum atomic E-state index is 0.104. The van der Waals surface area contributed by atoms with Crippen molar-refractivity contribution in [1.29, 1.82) is 0 Å². The first kappa shape index (κ1) is 15.6. The van der Waals surface area contributed by atoms with Gasteiger partial charge in [0, 0.05) is 5.38 Å². The van der Waals surface area contributed by atoms with Crippen LogP contribution >= 0.6 is 11.3 Å². The van der Waals surface area contributed by atoms with Gasteiger partial charge in [-0.25, -0.2) is 4.98 Å². The van der Waals surface area contributed by atoms with Crippen molar-refractivity contribution in [3.05, 3.63) is 16.1 Å². The Hall–Kier alpha value is -0.450. The largest absolute Gasteiger partial charge is 0.330 e. The van der Waals surface area contributed by atoms with Crippen LogP contribution in [0.2, 0.25) is 0 Å². The summed E-state index contributed by atoms with van der Waals surface area (Å²) in [5.41, 5.74) is 12.6. The van der Waals surface area contributed by atoms with E-state index in [-0.39, 0.29) is 6.04 Å². The first-order chi connectivity index (χ1) is 7.77. The fraction of sp³-hybridized carbons (Fsp3) is 0.750. The summed E-state index contributed by atoms with van der Waals surface area (Å²) in [6.07, 6.45) is 4.14. The highest BCUT2D eigenvalue weighted by molar-refractivity contribution is 7.09. The summed E-state index contributed by atoms with van der Waals surface area (Å²) < 4.78 is 0. The van der Waals surface area contributed by atoms with E-state index in [0.717, 1.165) is 42.9 Å². The van der Waals surface area contributed by atoms with Gasteiger partial charge in [-0.05, 0) is 25.8 Å². The van der Waals surface area contributed by atoms with E-state index in [1.165, 1.54) is 0 Å². The first-order valence-corrected chi connectivity index (χ1v) is 7.05. The summed E-state index contributed by atoms with van der Waals surface area (Å²) in [7, 11) is 0. The number of unbranched alkanes of at least 4 members (excludes halogenated alkanes) is 1. The molecule has 1 heterocycles. The Kier molecular flexibility index (Phi) is 9.48. The molecule has 1 aromatic heterocycles. The molecule has 0 bridgehead atoms. The number of thiazole rings is 1. The Morgan fingerprint density at radius 3 is 2.56 bits per heavy atom. The van der Waals surface area contributed by atoms with E-state index >= 15 is 0 Å².